The number of piperazine rings is 1. The number of rotatable bonds is 12. The van der Waals surface area contributed by atoms with Gasteiger partial charge in [-0.05, 0) is 43.0 Å². The van der Waals surface area contributed by atoms with Gasteiger partial charge in [-0.3, -0.25) is 14.9 Å². The Hall–Kier alpha value is -3.81. The summed E-state index contributed by atoms with van der Waals surface area (Å²) in [6, 6.07) is 11.1. The van der Waals surface area contributed by atoms with Crippen LogP contribution in [0.4, 0.5) is 11.4 Å². The van der Waals surface area contributed by atoms with Crippen molar-refractivity contribution >= 4 is 39.3 Å². The van der Waals surface area contributed by atoms with Crippen molar-refractivity contribution in [1.29, 1.82) is 0 Å². The minimum Gasteiger partial charge on any atom is -0.486 e. The van der Waals surface area contributed by atoms with Gasteiger partial charge in [0.1, 0.15) is 12.0 Å². The molecule has 12 nitrogen and oxygen atoms in total. The molecular weight excluding hydrogens is 598 g/mol. The number of halogens is 1. The summed E-state index contributed by atoms with van der Waals surface area (Å²) in [4.78, 5) is 37.2. The van der Waals surface area contributed by atoms with E-state index in [0.717, 1.165) is 12.8 Å². The highest BCUT2D eigenvalue weighted by Crippen LogP contribution is 2.45. The van der Waals surface area contributed by atoms with E-state index in [1.807, 2.05) is 4.90 Å². The molecule has 1 aromatic heterocycles. The van der Waals surface area contributed by atoms with E-state index in [0.29, 0.717) is 53.5 Å². The first-order chi connectivity index (χ1) is 20.5. The van der Waals surface area contributed by atoms with Crippen LogP contribution in [0.15, 0.2) is 53.5 Å². The third-order valence-corrected chi connectivity index (χ3v) is 9.92. The molecule has 2 aromatic carbocycles. The van der Waals surface area contributed by atoms with Crippen molar-refractivity contribution in [3.8, 4) is 11.4 Å². The van der Waals surface area contributed by atoms with Gasteiger partial charge in [0.15, 0.2) is 0 Å². The van der Waals surface area contributed by atoms with Crippen molar-refractivity contribution in [3.63, 3.8) is 0 Å². The molecule has 2 aliphatic rings. The van der Waals surface area contributed by atoms with Crippen LogP contribution in [0.3, 0.4) is 0 Å². The van der Waals surface area contributed by atoms with Crippen LogP contribution in [0.2, 0.25) is 5.02 Å². The van der Waals surface area contributed by atoms with Crippen molar-refractivity contribution in [2.45, 2.75) is 38.4 Å². The number of nitro benzene ring substituents is 1. The maximum atomic E-state index is 13.6. The quantitative estimate of drug-likeness (QED) is 0.166. The standard InChI is InChI=1S/C29H32ClN5O7S/c1-29(9-10-29)20-42-27-26(18-31-34(28(27)37)24-6-2-5-23(30)17-24)32-11-13-33(14-12-32)43(40,41)19-21-7-8-22(4-3-15-36)25(16-21)35(38)39/h2,5-8,15-18H,3-4,9-14,19-20H2,1H3. The van der Waals surface area contributed by atoms with E-state index in [1.165, 1.54) is 21.1 Å². The number of hydrogen-bond donors (Lipinski definition) is 0. The number of aromatic nitrogens is 2. The molecule has 228 valence electrons. The smallest absolute Gasteiger partial charge is 0.316 e. The Morgan fingerprint density at radius 3 is 2.53 bits per heavy atom. The summed E-state index contributed by atoms with van der Waals surface area (Å²) in [5, 5.41) is 16.4. The highest BCUT2D eigenvalue weighted by Gasteiger charge is 2.39. The Morgan fingerprint density at radius 2 is 1.88 bits per heavy atom. The molecule has 0 atom stereocenters. The molecule has 2 fully saturated rings. The fourth-order valence-electron chi connectivity index (χ4n) is 4.99. The van der Waals surface area contributed by atoms with Crippen LogP contribution in [-0.4, -0.2) is 66.5 Å². The van der Waals surface area contributed by atoms with Gasteiger partial charge in [-0.25, -0.2) is 8.42 Å². The maximum Gasteiger partial charge on any atom is 0.316 e. The predicted molar refractivity (Wildman–Crippen MR) is 162 cm³/mol. The van der Waals surface area contributed by atoms with Crippen molar-refractivity contribution in [2.24, 2.45) is 5.41 Å². The SMILES string of the molecule is CC1(COc2c(N3CCN(S(=O)(=O)Cc4ccc(CCC=O)c([N+](=O)[O-])c4)CC3)cnn(-c3cccc(Cl)c3)c2=O)CC1. The van der Waals surface area contributed by atoms with Crippen LogP contribution in [0.25, 0.3) is 5.69 Å². The summed E-state index contributed by atoms with van der Waals surface area (Å²) < 4.78 is 35.3. The molecule has 3 aromatic rings. The zero-order valence-corrected chi connectivity index (χ0v) is 25.2. The summed E-state index contributed by atoms with van der Waals surface area (Å²) in [6.45, 7) is 3.36. The molecule has 1 aliphatic heterocycles. The van der Waals surface area contributed by atoms with Gasteiger partial charge in [0.05, 0.1) is 29.2 Å². The first-order valence-corrected chi connectivity index (χ1v) is 15.9. The Kier molecular flexibility index (Phi) is 8.86. The Bertz CT molecular complexity index is 1700. The van der Waals surface area contributed by atoms with Crippen molar-refractivity contribution in [1.82, 2.24) is 14.1 Å². The second-order valence-corrected chi connectivity index (χ2v) is 13.6. The zero-order valence-electron chi connectivity index (χ0n) is 23.6. The molecule has 0 bridgehead atoms. The lowest BCUT2D eigenvalue weighted by Gasteiger charge is -2.35. The molecule has 0 spiro atoms. The topological polar surface area (TPSA) is 145 Å². The minimum absolute atomic E-state index is 0.0163. The molecule has 1 aliphatic carbocycles. The average Bonchev–Trinajstić information content (AvgIpc) is 3.72. The number of anilines is 1. The molecule has 14 heteroatoms. The summed E-state index contributed by atoms with van der Waals surface area (Å²) in [6.07, 6.45) is 4.61. The Balaban J connectivity index is 1.33. The first-order valence-electron chi connectivity index (χ1n) is 13.9. The third kappa shape index (κ3) is 7.06. The van der Waals surface area contributed by atoms with Gasteiger partial charge in [0.2, 0.25) is 15.8 Å². The number of aldehydes is 1. The van der Waals surface area contributed by atoms with E-state index in [4.69, 9.17) is 16.3 Å². The Labute approximate surface area is 254 Å². The van der Waals surface area contributed by atoms with Crippen molar-refractivity contribution in [3.05, 3.63) is 85.3 Å². The monoisotopic (exact) mass is 629 g/mol. The lowest BCUT2D eigenvalue weighted by atomic mass is 10.1. The molecule has 5 rings (SSSR count). The van der Waals surface area contributed by atoms with Gasteiger partial charge >= 0.3 is 5.56 Å². The van der Waals surface area contributed by atoms with Gasteiger partial charge < -0.3 is 14.4 Å². The van der Waals surface area contributed by atoms with E-state index < -0.39 is 26.3 Å². The fourth-order valence-corrected chi connectivity index (χ4v) is 6.68. The molecule has 2 heterocycles. The average molecular weight is 630 g/mol. The number of hydrogen-bond acceptors (Lipinski definition) is 9. The predicted octanol–water partition coefficient (Wildman–Crippen LogP) is 3.76. The number of aryl methyl sites for hydroxylation is 1. The Morgan fingerprint density at radius 1 is 1.14 bits per heavy atom. The van der Waals surface area contributed by atoms with Crippen molar-refractivity contribution < 1.29 is 22.9 Å². The first kappa shape index (κ1) is 30.6. The molecule has 0 amide bonds. The largest absolute Gasteiger partial charge is 0.486 e. The van der Waals surface area contributed by atoms with E-state index in [-0.39, 0.29) is 42.8 Å². The second-order valence-electron chi connectivity index (χ2n) is 11.2. The molecule has 0 unspecified atom stereocenters. The summed E-state index contributed by atoms with van der Waals surface area (Å²) in [5.41, 5.74) is 1.05. The molecular formula is C29H32ClN5O7S. The van der Waals surface area contributed by atoms with Crippen molar-refractivity contribution in [2.75, 3.05) is 37.7 Å². The van der Waals surface area contributed by atoms with E-state index in [1.54, 1.807) is 36.5 Å². The molecule has 43 heavy (non-hydrogen) atoms. The third-order valence-electron chi connectivity index (χ3n) is 7.84. The van der Waals surface area contributed by atoms with Gasteiger partial charge in [-0.2, -0.15) is 14.1 Å². The maximum absolute atomic E-state index is 13.6. The molecule has 1 saturated heterocycles. The normalized spacial score (nSPS) is 16.6. The van der Waals surface area contributed by atoms with Crippen LogP contribution < -0.4 is 15.2 Å². The highest BCUT2D eigenvalue weighted by atomic mass is 35.5. The number of carbonyl (C=O) groups excluding carboxylic acids is 1. The minimum atomic E-state index is -3.80. The highest BCUT2D eigenvalue weighted by molar-refractivity contribution is 7.88. The summed E-state index contributed by atoms with van der Waals surface area (Å²) in [5.74, 6) is -0.243. The number of sulfonamides is 1. The number of ether oxygens (including phenoxy) is 1. The summed E-state index contributed by atoms with van der Waals surface area (Å²) >= 11 is 6.14. The van der Waals surface area contributed by atoms with Gasteiger partial charge in [0, 0.05) is 54.7 Å². The van der Waals surface area contributed by atoms with E-state index in [2.05, 4.69) is 12.0 Å². The number of nitrogens with zero attached hydrogens (tertiary/aromatic N) is 5. The second kappa shape index (κ2) is 12.4. The lowest BCUT2D eigenvalue weighted by Crippen LogP contribution is -2.49. The van der Waals surface area contributed by atoms with Crippen LogP contribution in [0, 0.1) is 15.5 Å². The fraction of sp³-hybridized carbons (Fsp3) is 0.414. The summed E-state index contributed by atoms with van der Waals surface area (Å²) in [7, 11) is -3.80. The molecule has 0 N–H and O–H groups in total. The van der Waals surface area contributed by atoms with Crippen LogP contribution in [-0.2, 0) is 27.0 Å². The van der Waals surface area contributed by atoms with E-state index in [9.17, 15) is 28.1 Å². The molecule has 0 radical (unpaired) electrons. The van der Waals surface area contributed by atoms with Gasteiger partial charge in [0.25, 0.3) is 5.69 Å². The number of benzene rings is 2. The lowest BCUT2D eigenvalue weighted by molar-refractivity contribution is -0.385. The van der Waals surface area contributed by atoms with Crippen LogP contribution >= 0.6 is 11.6 Å². The zero-order chi connectivity index (χ0) is 30.8. The molecule has 1 saturated carbocycles. The van der Waals surface area contributed by atoms with E-state index >= 15 is 0 Å². The van der Waals surface area contributed by atoms with Crippen LogP contribution in [0.5, 0.6) is 5.75 Å². The van der Waals surface area contributed by atoms with Crippen LogP contribution in [0.1, 0.15) is 37.3 Å². The van der Waals surface area contributed by atoms with Gasteiger partial charge in [-0.1, -0.05) is 36.7 Å². The van der Waals surface area contributed by atoms with Gasteiger partial charge in [-0.15, -0.1) is 0 Å². The number of carbonyl (C=O) groups is 1. The number of nitro groups is 1.